The summed E-state index contributed by atoms with van der Waals surface area (Å²) in [7, 11) is 0. The van der Waals surface area contributed by atoms with E-state index in [2.05, 4.69) is 10.3 Å². The summed E-state index contributed by atoms with van der Waals surface area (Å²) in [4.78, 5) is 16.2. The van der Waals surface area contributed by atoms with Crippen molar-refractivity contribution in [3.63, 3.8) is 0 Å². The van der Waals surface area contributed by atoms with Gasteiger partial charge in [-0.2, -0.15) is 0 Å². The first-order chi connectivity index (χ1) is 9.92. The minimum atomic E-state index is -0.852. The molecule has 1 heterocycles. The molecule has 0 spiro atoms. The lowest BCUT2D eigenvalue weighted by molar-refractivity contribution is -0.120. The van der Waals surface area contributed by atoms with Crippen LogP contribution in [0.1, 0.15) is 32.6 Å². The van der Waals surface area contributed by atoms with Crippen LogP contribution in [-0.4, -0.2) is 16.4 Å². The topological polar surface area (TPSA) is 81.2 Å². The van der Waals surface area contributed by atoms with Gasteiger partial charge < -0.3 is 15.5 Å². The second-order valence-electron chi connectivity index (χ2n) is 5.44. The van der Waals surface area contributed by atoms with Gasteiger partial charge >= 0.3 is 0 Å². The van der Waals surface area contributed by atoms with Gasteiger partial charge in [-0.25, -0.2) is 4.98 Å². The van der Waals surface area contributed by atoms with Crippen LogP contribution < -0.4 is 11.1 Å². The standard InChI is InChI=1S/C16H21N3O2.ClH/c1-4-9-16(3,17)15(20)19-13-7-5-12(6-8-13)14-10-18-11(2)21-14;/h5-8,10H,4,9,17H2,1-3H3,(H,19,20);1H. The van der Waals surface area contributed by atoms with Crippen LogP contribution in [0, 0.1) is 6.92 Å². The van der Waals surface area contributed by atoms with Crippen molar-refractivity contribution < 1.29 is 9.21 Å². The highest BCUT2D eigenvalue weighted by Crippen LogP contribution is 2.22. The van der Waals surface area contributed by atoms with E-state index in [0.717, 1.165) is 12.0 Å². The molecule has 1 amide bonds. The molecule has 6 heteroatoms. The van der Waals surface area contributed by atoms with Crippen LogP contribution >= 0.6 is 12.4 Å². The van der Waals surface area contributed by atoms with Gasteiger partial charge in [-0.15, -0.1) is 12.4 Å². The Morgan fingerprint density at radius 2 is 2.00 bits per heavy atom. The van der Waals surface area contributed by atoms with Gasteiger partial charge in [0.15, 0.2) is 11.7 Å². The highest BCUT2D eigenvalue weighted by atomic mass is 35.5. The first-order valence-electron chi connectivity index (χ1n) is 7.05. The number of aryl methyl sites for hydroxylation is 1. The number of hydrogen-bond donors (Lipinski definition) is 2. The van der Waals surface area contributed by atoms with E-state index >= 15 is 0 Å². The zero-order valence-electron chi connectivity index (χ0n) is 13.1. The van der Waals surface area contributed by atoms with Gasteiger partial charge in [-0.1, -0.05) is 13.3 Å². The summed E-state index contributed by atoms with van der Waals surface area (Å²) in [6, 6.07) is 7.41. The number of nitrogens with two attached hydrogens (primary N) is 1. The van der Waals surface area contributed by atoms with Crippen molar-refractivity contribution >= 4 is 24.0 Å². The molecule has 3 N–H and O–H groups in total. The van der Waals surface area contributed by atoms with Crippen molar-refractivity contribution in [3.8, 4) is 11.3 Å². The third-order valence-electron chi connectivity index (χ3n) is 3.34. The molecular formula is C16H22ClN3O2. The normalized spacial score (nSPS) is 13.1. The fourth-order valence-electron chi connectivity index (χ4n) is 2.12. The SMILES string of the molecule is CCCC(C)(N)C(=O)Nc1ccc(-c2cnc(C)o2)cc1.Cl. The second-order valence-corrected chi connectivity index (χ2v) is 5.44. The Labute approximate surface area is 136 Å². The molecule has 0 aliphatic rings. The Kier molecular flexibility index (Phi) is 6.14. The molecular weight excluding hydrogens is 302 g/mol. The van der Waals surface area contributed by atoms with Crippen molar-refractivity contribution in [2.24, 2.45) is 5.73 Å². The zero-order chi connectivity index (χ0) is 15.5. The number of nitrogens with one attached hydrogen (secondary N) is 1. The second kappa shape index (κ2) is 7.42. The monoisotopic (exact) mass is 323 g/mol. The molecule has 1 atom stereocenters. The molecule has 1 unspecified atom stereocenters. The molecule has 0 fully saturated rings. The summed E-state index contributed by atoms with van der Waals surface area (Å²) >= 11 is 0. The summed E-state index contributed by atoms with van der Waals surface area (Å²) in [5, 5.41) is 2.84. The average molecular weight is 324 g/mol. The quantitative estimate of drug-likeness (QED) is 0.882. The molecule has 0 aliphatic heterocycles. The van der Waals surface area contributed by atoms with E-state index in [9.17, 15) is 4.79 Å². The molecule has 22 heavy (non-hydrogen) atoms. The number of aromatic nitrogens is 1. The van der Waals surface area contributed by atoms with E-state index in [0.29, 0.717) is 23.8 Å². The number of anilines is 1. The van der Waals surface area contributed by atoms with E-state index in [-0.39, 0.29) is 18.3 Å². The van der Waals surface area contributed by atoms with E-state index in [1.165, 1.54) is 0 Å². The van der Waals surface area contributed by atoms with Crippen molar-refractivity contribution in [1.82, 2.24) is 4.98 Å². The maximum atomic E-state index is 12.1. The zero-order valence-corrected chi connectivity index (χ0v) is 13.9. The van der Waals surface area contributed by atoms with Crippen molar-refractivity contribution in [2.45, 2.75) is 39.2 Å². The van der Waals surface area contributed by atoms with E-state index < -0.39 is 5.54 Å². The van der Waals surface area contributed by atoms with E-state index in [1.807, 2.05) is 31.2 Å². The smallest absolute Gasteiger partial charge is 0.244 e. The number of halogens is 1. The van der Waals surface area contributed by atoms with Crippen LogP contribution in [0.4, 0.5) is 5.69 Å². The minimum absolute atomic E-state index is 0. The Balaban J connectivity index is 0.00000242. The van der Waals surface area contributed by atoms with Crippen LogP contribution in [0.25, 0.3) is 11.3 Å². The molecule has 2 rings (SSSR count). The molecule has 0 aliphatic carbocycles. The number of hydrogen-bond acceptors (Lipinski definition) is 4. The first-order valence-corrected chi connectivity index (χ1v) is 7.05. The third-order valence-corrected chi connectivity index (χ3v) is 3.34. The Morgan fingerprint density at radius 1 is 1.36 bits per heavy atom. The number of amides is 1. The van der Waals surface area contributed by atoms with Gasteiger partial charge in [0.25, 0.3) is 0 Å². The highest BCUT2D eigenvalue weighted by molar-refractivity contribution is 5.97. The van der Waals surface area contributed by atoms with Gasteiger partial charge in [0.05, 0.1) is 11.7 Å². The van der Waals surface area contributed by atoms with Gasteiger partial charge in [0.1, 0.15) is 0 Å². The van der Waals surface area contributed by atoms with E-state index in [4.69, 9.17) is 10.2 Å². The number of carbonyl (C=O) groups excluding carboxylic acids is 1. The average Bonchev–Trinajstić information content (AvgIpc) is 2.86. The van der Waals surface area contributed by atoms with Crippen molar-refractivity contribution in [2.75, 3.05) is 5.32 Å². The minimum Gasteiger partial charge on any atom is -0.441 e. The van der Waals surface area contributed by atoms with Gasteiger partial charge in [0, 0.05) is 18.2 Å². The lowest BCUT2D eigenvalue weighted by Gasteiger charge is -2.22. The molecule has 0 bridgehead atoms. The number of rotatable bonds is 5. The molecule has 120 valence electrons. The van der Waals surface area contributed by atoms with Crippen molar-refractivity contribution in [1.29, 1.82) is 0 Å². The maximum Gasteiger partial charge on any atom is 0.244 e. The summed E-state index contributed by atoms with van der Waals surface area (Å²) in [5.74, 6) is 1.16. The summed E-state index contributed by atoms with van der Waals surface area (Å²) in [5.41, 5.74) is 6.79. The fourth-order valence-corrected chi connectivity index (χ4v) is 2.12. The van der Waals surface area contributed by atoms with Crippen LogP contribution in [0.5, 0.6) is 0 Å². The predicted octanol–water partition coefficient (Wildman–Crippen LogP) is 3.53. The molecule has 0 saturated heterocycles. The van der Waals surface area contributed by atoms with E-state index in [1.54, 1.807) is 20.0 Å². The lowest BCUT2D eigenvalue weighted by Crippen LogP contribution is -2.48. The summed E-state index contributed by atoms with van der Waals surface area (Å²) in [6.45, 7) is 5.55. The predicted molar refractivity (Wildman–Crippen MR) is 90.1 cm³/mol. The van der Waals surface area contributed by atoms with Crippen LogP contribution in [-0.2, 0) is 4.79 Å². The molecule has 2 aromatic rings. The maximum absolute atomic E-state index is 12.1. The molecule has 0 radical (unpaired) electrons. The fraction of sp³-hybridized carbons (Fsp3) is 0.375. The lowest BCUT2D eigenvalue weighted by atomic mass is 9.96. The summed E-state index contributed by atoms with van der Waals surface area (Å²) in [6.07, 6.45) is 3.19. The third kappa shape index (κ3) is 4.32. The number of oxazole rings is 1. The van der Waals surface area contributed by atoms with Crippen LogP contribution in [0.15, 0.2) is 34.9 Å². The first kappa shape index (κ1) is 18.2. The Morgan fingerprint density at radius 3 is 2.50 bits per heavy atom. The van der Waals surface area contributed by atoms with Gasteiger partial charge in [-0.3, -0.25) is 4.79 Å². The Bertz CT molecular complexity index is 621. The number of nitrogens with zero attached hydrogens (tertiary/aromatic N) is 1. The van der Waals surface area contributed by atoms with Crippen LogP contribution in [0.3, 0.4) is 0 Å². The molecule has 5 nitrogen and oxygen atoms in total. The number of carbonyl (C=O) groups is 1. The highest BCUT2D eigenvalue weighted by Gasteiger charge is 2.27. The Hall–Kier alpha value is -1.85. The van der Waals surface area contributed by atoms with Crippen LogP contribution in [0.2, 0.25) is 0 Å². The molecule has 1 aromatic heterocycles. The molecule has 1 aromatic carbocycles. The molecule has 0 saturated carbocycles. The van der Waals surface area contributed by atoms with Gasteiger partial charge in [-0.05, 0) is 37.6 Å². The largest absolute Gasteiger partial charge is 0.441 e. The number of benzene rings is 1. The van der Waals surface area contributed by atoms with Gasteiger partial charge in [0.2, 0.25) is 5.91 Å². The summed E-state index contributed by atoms with van der Waals surface area (Å²) < 4.78 is 5.46. The van der Waals surface area contributed by atoms with Crippen molar-refractivity contribution in [3.05, 3.63) is 36.4 Å².